The maximum atomic E-state index is 13.4. The van der Waals surface area contributed by atoms with E-state index in [1.807, 2.05) is 60.8 Å². The Morgan fingerprint density at radius 1 is 0.615 bits per heavy atom. The summed E-state index contributed by atoms with van der Waals surface area (Å²) in [6, 6.07) is 27.8. The van der Waals surface area contributed by atoms with Crippen molar-refractivity contribution >= 4 is 86.1 Å². The Morgan fingerprint density at radius 2 is 1.13 bits per heavy atom. The summed E-state index contributed by atoms with van der Waals surface area (Å²) in [7, 11) is 0. The van der Waals surface area contributed by atoms with Crippen molar-refractivity contribution in [2.45, 2.75) is 82.0 Å². The van der Waals surface area contributed by atoms with Crippen LogP contribution < -0.4 is 42.5 Å². The first-order valence-corrected chi connectivity index (χ1v) is 27.9. The second-order valence-corrected chi connectivity index (χ2v) is 21.4. The van der Waals surface area contributed by atoms with E-state index in [0.29, 0.717) is 76.6 Å². The van der Waals surface area contributed by atoms with Crippen molar-refractivity contribution < 1.29 is 19.1 Å². The molecule has 4 atom stereocenters. The van der Waals surface area contributed by atoms with Gasteiger partial charge in [-0.1, -0.05) is 71.7 Å². The van der Waals surface area contributed by atoms with Gasteiger partial charge in [-0.25, -0.2) is 19.9 Å². The highest BCUT2D eigenvalue weighted by molar-refractivity contribution is 6.33. The Morgan fingerprint density at radius 3 is 1.72 bits per heavy atom. The lowest BCUT2D eigenvalue weighted by molar-refractivity contribution is 0.0917. The monoisotopic (exact) mass is 1090 g/mol. The van der Waals surface area contributed by atoms with E-state index in [1.54, 1.807) is 24.5 Å². The van der Waals surface area contributed by atoms with Gasteiger partial charge in [0.25, 0.3) is 11.8 Å². The lowest BCUT2D eigenvalue weighted by Gasteiger charge is -2.32. The number of carbonyl (C=O) groups excluding carboxylic acids is 2. The number of ether oxygens (including phenoxy) is 2. The molecule has 19 heteroatoms. The smallest absolute Gasteiger partial charge is 0.253 e. The van der Waals surface area contributed by atoms with Crippen LogP contribution in [-0.4, -0.2) is 114 Å². The summed E-state index contributed by atoms with van der Waals surface area (Å²) >= 11 is 13.1. The van der Waals surface area contributed by atoms with Crippen LogP contribution >= 0.6 is 23.2 Å². The number of halogens is 2. The Labute approximate surface area is 463 Å². The number of H-pyrrole nitrogens is 1. The van der Waals surface area contributed by atoms with Gasteiger partial charge in [-0.05, 0) is 111 Å². The molecule has 2 saturated carbocycles. The lowest BCUT2D eigenvalue weighted by atomic mass is 9.90. The molecule has 0 unspecified atom stereocenters. The van der Waals surface area contributed by atoms with Crippen molar-refractivity contribution in [3.8, 4) is 11.3 Å². The van der Waals surface area contributed by atoms with Crippen molar-refractivity contribution in [1.29, 1.82) is 0 Å². The van der Waals surface area contributed by atoms with E-state index in [-0.39, 0.29) is 36.0 Å². The number of rotatable bonds is 12. The number of benzene rings is 4. The van der Waals surface area contributed by atoms with Crippen LogP contribution in [0, 0.1) is 0 Å². The predicted molar refractivity (Wildman–Crippen MR) is 311 cm³/mol. The van der Waals surface area contributed by atoms with Gasteiger partial charge in [-0.15, -0.1) is 0 Å². The van der Waals surface area contributed by atoms with Crippen LogP contribution in [0.1, 0.15) is 88.9 Å². The molecule has 4 fully saturated rings. The Kier molecular flexibility index (Phi) is 16.2. The minimum atomic E-state index is -0.0773. The van der Waals surface area contributed by atoms with Crippen molar-refractivity contribution in [1.82, 2.24) is 35.6 Å². The molecule has 0 bridgehead atoms. The first kappa shape index (κ1) is 52.6. The molecule has 7 aromatic rings. The summed E-state index contributed by atoms with van der Waals surface area (Å²) in [4.78, 5) is 52.9. The zero-order valence-corrected chi connectivity index (χ0v) is 45.0. The molecule has 2 saturated heterocycles. The molecule has 2 amide bonds. The minimum absolute atomic E-state index is 0.0410. The number of nitrogens with two attached hydrogens (primary N) is 2. The van der Waals surface area contributed by atoms with Crippen LogP contribution in [0.25, 0.3) is 27.7 Å². The summed E-state index contributed by atoms with van der Waals surface area (Å²) < 4.78 is 11.0. The van der Waals surface area contributed by atoms with E-state index in [0.717, 1.165) is 123 Å². The zero-order valence-electron chi connectivity index (χ0n) is 43.4. The highest BCUT2D eigenvalue weighted by Gasteiger charge is 2.29. The summed E-state index contributed by atoms with van der Waals surface area (Å²) in [5.74, 6) is 0.945. The molecule has 3 aliphatic carbocycles. The number of hydrogen-bond acceptors (Lipinski definition) is 14. The number of para-hydroxylation sites is 1. The van der Waals surface area contributed by atoms with E-state index >= 15 is 0 Å². The van der Waals surface area contributed by atoms with Crippen LogP contribution in [0.5, 0.6) is 0 Å². The minimum Gasteiger partial charge on any atom is -0.399 e. The maximum absolute atomic E-state index is 13.4. The molecule has 9 N–H and O–H groups in total. The van der Waals surface area contributed by atoms with Crippen LogP contribution in [-0.2, 0) is 15.9 Å². The van der Waals surface area contributed by atoms with Gasteiger partial charge in [0, 0.05) is 90.0 Å². The fourth-order valence-electron chi connectivity index (χ4n) is 11.4. The normalized spacial score (nSPS) is 20.2. The number of fused-ring (bicyclic) bond motifs is 2. The topological polar surface area (TPSA) is 227 Å². The van der Waals surface area contributed by atoms with Crippen molar-refractivity contribution in [3.63, 3.8) is 0 Å². The van der Waals surface area contributed by atoms with Crippen LogP contribution in [0.15, 0.2) is 110 Å². The Balaban J connectivity index is 0.000000165. The number of aromatic nitrogens is 5. The number of carbonyl (C=O) groups is 2. The third kappa shape index (κ3) is 12.1. The first-order chi connectivity index (χ1) is 38.1. The number of amides is 2. The number of anilines is 6. The number of nitrogens with zero attached hydrogens (tertiary/aromatic N) is 6. The summed E-state index contributed by atoms with van der Waals surface area (Å²) in [5.41, 5.74) is 23.4. The molecule has 404 valence electrons. The van der Waals surface area contributed by atoms with Crippen molar-refractivity contribution in [2.75, 3.05) is 84.5 Å². The number of morpholine rings is 2. The van der Waals surface area contributed by atoms with Crippen LogP contribution in [0.4, 0.5) is 34.6 Å². The third-order valence-corrected chi connectivity index (χ3v) is 15.9. The number of nitrogen functional groups attached to an aromatic ring is 2. The van der Waals surface area contributed by atoms with Gasteiger partial charge in [0.15, 0.2) is 0 Å². The van der Waals surface area contributed by atoms with E-state index in [1.165, 1.54) is 11.1 Å². The number of nitrogens with one attached hydrogen (secondary N) is 5. The highest BCUT2D eigenvalue weighted by Crippen LogP contribution is 2.37. The van der Waals surface area contributed by atoms with Gasteiger partial charge >= 0.3 is 0 Å². The van der Waals surface area contributed by atoms with Crippen LogP contribution in [0.2, 0.25) is 10.0 Å². The molecule has 78 heavy (non-hydrogen) atoms. The van der Waals surface area contributed by atoms with E-state index in [4.69, 9.17) is 54.1 Å². The Hall–Kier alpha value is -7.44. The largest absolute Gasteiger partial charge is 0.399 e. The van der Waals surface area contributed by atoms with Gasteiger partial charge in [-0.2, -0.15) is 0 Å². The molecule has 2 aliphatic heterocycles. The second-order valence-electron chi connectivity index (χ2n) is 20.6. The third-order valence-electron chi connectivity index (χ3n) is 15.3. The molecular formula is C59H65Cl2N13O4. The van der Waals surface area contributed by atoms with E-state index in [9.17, 15) is 9.59 Å². The van der Waals surface area contributed by atoms with E-state index < -0.39 is 0 Å². The number of hydrogen-bond donors (Lipinski definition) is 7. The number of allylic oxidation sites excluding steroid dienone is 1. The molecule has 12 rings (SSSR count). The highest BCUT2D eigenvalue weighted by atomic mass is 35.5. The zero-order chi connectivity index (χ0) is 53.5. The molecule has 17 nitrogen and oxygen atoms in total. The summed E-state index contributed by atoms with van der Waals surface area (Å²) in [6.07, 6.45) is 15.7. The summed E-state index contributed by atoms with van der Waals surface area (Å²) in [5, 5.41) is 15.6. The van der Waals surface area contributed by atoms with Crippen LogP contribution in [0.3, 0.4) is 0 Å². The van der Waals surface area contributed by atoms with Gasteiger partial charge < -0.3 is 57.0 Å². The maximum Gasteiger partial charge on any atom is 0.253 e. The molecule has 3 aromatic heterocycles. The summed E-state index contributed by atoms with van der Waals surface area (Å²) in [6.45, 7) is 5.52. The number of aromatic amines is 1. The van der Waals surface area contributed by atoms with Gasteiger partial charge in [-0.3, -0.25) is 9.59 Å². The molecule has 0 spiro atoms. The Bertz CT molecular complexity index is 3320. The van der Waals surface area contributed by atoms with Crippen molar-refractivity contribution in [2.24, 2.45) is 0 Å². The average molecular weight is 1090 g/mol. The fraction of sp³-hybridized carbons (Fsp3) is 0.356. The van der Waals surface area contributed by atoms with Gasteiger partial charge in [0.2, 0.25) is 11.9 Å². The molecule has 4 aromatic carbocycles. The lowest BCUT2D eigenvalue weighted by Crippen LogP contribution is -2.43. The first-order valence-electron chi connectivity index (χ1n) is 27.1. The van der Waals surface area contributed by atoms with Crippen molar-refractivity contribution in [3.05, 3.63) is 148 Å². The second kappa shape index (κ2) is 24.1. The van der Waals surface area contributed by atoms with E-state index in [2.05, 4.69) is 70.3 Å². The molecule has 5 heterocycles. The predicted octanol–water partition coefficient (Wildman–Crippen LogP) is 9.54. The fourth-order valence-corrected chi connectivity index (χ4v) is 11.8. The van der Waals surface area contributed by atoms with Gasteiger partial charge in [0.1, 0.15) is 0 Å². The molecular weight excluding hydrogens is 1030 g/mol. The standard InChI is InChI=1S/C30H33ClN6O2.C29H32ClN7O2/c31-26-18-33-30(36-28(26)24-10-8-19-4-1-2-7-23(19)24)35-22-6-3-5-21(17-22)34-29(38)25-11-9-20(32)16-27(25)37-12-14-39-15-13-37;30-24-17-33-29(36-27(24)23-16-32-25-7-2-1-6-21(23)25)35-20-5-3-4-19(15-20)34-28(38)22-9-8-18(31)14-26(22)37-10-12-39-13-11-37/h1-2,4,7,9-11,16,18,21-22H,3,5-6,8,12-15,17,32H2,(H,34,38)(H,33,35,36);1-2,6-9,14,16-17,19-20,32H,3-5,10-13,15,31H2,(H,34,38)(H,33,35,36)/t21-,22+;19-,20+/m00/s1. The molecule has 0 radical (unpaired) electrons. The SMILES string of the molecule is Nc1ccc(C(=O)N[C@H]2CCC[C@@H](Nc3ncc(Cl)c(-c4c[nH]c5ccccc45)n3)C2)c(N2CCOCC2)c1.Nc1ccc(C(=O)N[C@H]2CCC[C@@H](Nc3ncc(Cl)c(C4=CCc5ccccc54)n3)C2)c(N2CCOCC2)c1. The average Bonchev–Trinajstić information content (AvgIpc) is 4.10. The van der Waals surface area contributed by atoms with Gasteiger partial charge in [0.05, 0.1) is 82.8 Å². The molecule has 5 aliphatic rings. The quantitative estimate of drug-likeness (QED) is 0.0566.